The van der Waals surface area contributed by atoms with Gasteiger partial charge in [0.15, 0.2) is 10.7 Å². The van der Waals surface area contributed by atoms with E-state index in [1.165, 1.54) is 11.3 Å². The van der Waals surface area contributed by atoms with E-state index in [0.717, 1.165) is 23.1 Å². The standard InChI is InChI=1S/C24H27ClN2O4S/c1-4-29-19-8-5-9-20-21(19)26-23(32-20)27(15-18-7-6-14-30-18)22(28)24(2,3)31-17-12-10-16(25)11-13-17/h5,8-13,18H,4,6-7,14-15H2,1-3H3. The molecule has 0 bridgehead atoms. The summed E-state index contributed by atoms with van der Waals surface area (Å²) >= 11 is 7.45. The first-order chi connectivity index (χ1) is 15.4. The lowest BCUT2D eigenvalue weighted by Crippen LogP contribution is -2.51. The van der Waals surface area contributed by atoms with Crippen molar-refractivity contribution >= 4 is 44.2 Å². The second-order valence-corrected chi connectivity index (χ2v) is 9.59. The number of nitrogens with zero attached hydrogens (tertiary/aromatic N) is 2. The molecule has 1 aliphatic heterocycles. The number of fused-ring (bicyclic) bond motifs is 1. The zero-order chi connectivity index (χ0) is 22.7. The quantitative estimate of drug-likeness (QED) is 0.418. The third-order valence-electron chi connectivity index (χ3n) is 5.26. The van der Waals surface area contributed by atoms with Gasteiger partial charge in [-0.3, -0.25) is 9.69 Å². The van der Waals surface area contributed by atoms with E-state index in [4.69, 9.17) is 30.8 Å². The van der Waals surface area contributed by atoms with Crippen molar-refractivity contribution in [3.05, 3.63) is 47.5 Å². The summed E-state index contributed by atoms with van der Waals surface area (Å²) in [5.41, 5.74) is -0.358. The third-order valence-corrected chi connectivity index (χ3v) is 6.55. The lowest BCUT2D eigenvalue weighted by molar-refractivity contribution is -0.131. The van der Waals surface area contributed by atoms with Gasteiger partial charge in [-0.2, -0.15) is 0 Å². The molecule has 0 aliphatic carbocycles. The van der Waals surface area contributed by atoms with Crippen molar-refractivity contribution in [1.29, 1.82) is 0 Å². The van der Waals surface area contributed by atoms with Crippen LogP contribution in [0.5, 0.6) is 11.5 Å². The largest absolute Gasteiger partial charge is 0.492 e. The van der Waals surface area contributed by atoms with Gasteiger partial charge in [-0.15, -0.1) is 0 Å². The Balaban J connectivity index is 1.66. The second-order valence-electron chi connectivity index (χ2n) is 8.15. The molecule has 3 aromatic rings. The van der Waals surface area contributed by atoms with E-state index in [1.54, 1.807) is 43.0 Å². The van der Waals surface area contributed by atoms with E-state index in [1.807, 2.05) is 25.1 Å². The lowest BCUT2D eigenvalue weighted by atomic mass is 10.1. The molecule has 1 fully saturated rings. The Morgan fingerprint density at radius 1 is 1.28 bits per heavy atom. The molecule has 2 heterocycles. The summed E-state index contributed by atoms with van der Waals surface area (Å²) in [6.45, 7) is 7.17. The number of rotatable bonds is 8. The fraction of sp³-hybridized carbons (Fsp3) is 0.417. The molecule has 6 nitrogen and oxygen atoms in total. The first-order valence-electron chi connectivity index (χ1n) is 10.8. The molecule has 0 saturated carbocycles. The molecule has 1 aliphatic rings. The molecule has 0 spiro atoms. The first-order valence-corrected chi connectivity index (χ1v) is 12.0. The van der Waals surface area contributed by atoms with Crippen LogP contribution in [-0.2, 0) is 9.53 Å². The molecular weight excluding hydrogens is 448 g/mol. The third kappa shape index (κ3) is 5.00. The SMILES string of the molecule is CCOc1cccc2sc(N(CC3CCCO3)C(=O)C(C)(C)Oc3ccc(Cl)cc3)nc12. The van der Waals surface area contributed by atoms with E-state index in [0.29, 0.717) is 41.4 Å². The molecule has 32 heavy (non-hydrogen) atoms. The lowest BCUT2D eigenvalue weighted by Gasteiger charge is -2.32. The molecule has 0 radical (unpaired) electrons. The Labute approximate surface area is 197 Å². The van der Waals surface area contributed by atoms with Crippen LogP contribution in [0.3, 0.4) is 0 Å². The molecule has 2 aromatic carbocycles. The smallest absolute Gasteiger partial charge is 0.272 e. The van der Waals surface area contributed by atoms with Gasteiger partial charge in [-0.05, 0) is 70.0 Å². The number of carbonyl (C=O) groups is 1. The van der Waals surface area contributed by atoms with Gasteiger partial charge in [-0.25, -0.2) is 4.98 Å². The monoisotopic (exact) mass is 474 g/mol. The number of carbonyl (C=O) groups excluding carboxylic acids is 1. The maximum atomic E-state index is 13.8. The van der Waals surface area contributed by atoms with Crippen LogP contribution in [0.25, 0.3) is 10.2 Å². The van der Waals surface area contributed by atoms with Crippen LogP contribution in [0.1, 0.15) is 33.6 Å². The van der Waals surface area contributed by atoms with Crippen LogP contribution in [0.4, 0.5) is 5.13 Å². The Hall–Kier alpha value is -2.35. The predicted octanol–water partition coefficient (Wildman–Crippen LogP) is 5.72. The summed E-state index contributed by atoms with van der Waals surface area (Å²) in [5.74, 6) is 1.11. The first kappa shape index (κ1) is 22.8. The van der Waals surface area contributed by atoms with Crippen LogP contribution < -0.4 is 14.4 Å². The number of ether oxygens (including phenoxy) is 3. The van der Waals surface area contributed by atoms with E-state index >= 15 is 0 Å². The van der Waals surface area contributed by atoms with E-state index in [9.17, 15) is 4.79 Å². The molecule has 1 unspecified atom stereocenters. The van der Waals surface area contributed by atoms with Gasteiger partial charge in [0.1, 0.15) is 17.0 Å². The molecule has 1 atom stereocenters. The normalized spacial score (nSPS) is 16.3. The molecule has 1 aromatic heterocycles. The molecule has 170 valence electrons. The van der Waals surface area contributed by atoms with Crippen molar-refractivity contribution in [3.8, 4) is 11.5 Å². The maximum absolute atomic E-state index is 13.8. The van der Waals surface area contributed by atoms with Gasteiger partial charge >= 0.3 is 0 Å². The summed E-state index contributed by atoms with van der Waals surface area (Å²) < 4.78 is 18.6. The number of hydrogen-bond donors (Lipinski definition) is 0. The van der Waals surface area contributed by atoms with Gasteiger partial charge in [0.25, 0.3) is 5.91 Å². The topological polar surface area (TPSA) is 60.9 Å². The number of hydrogen-bond acceptors (Lipinski definition) is 6. The highest BCUT2D eigenvalue weighted by molar-refractivity contribution is 7.22. The number of benzene rings is 2. The molecule has 0 N–H and O–H groups in total. The van der Waals surface area contributed by atoms with Gasteiger partial charge in [-0.1, -0.05) is 29.0 Å². The second kappa shape index (κ2) is 9.65. The zero-order valence-corrected chi connectivity index (χ0v) is 20.0. The number of aromatic nitrogens is 1. The summed E-state index contributed by atoms with van der Waals surface area (Å²) in [4.78, 5) is 20.3. The maximum Gasteiger partial charge on any atom is 0.272 e. The van der Waals surface area contributed by atoms with E-state index in [-0.39, 0.29) is 12.0 Å². The van der Waals surface area contributed by atoms with Crippen molar-refractivity contribution < 1.29 is 19.0 Å². The molecular formula is C24H27ClN2O4S. The van der Waals surface area contributed by atoms with Crippen LogP contribution in [0.15, 0.2) is 42.5 Å². The number of thiazole rings is 1. The van der Waals surface area contributed by atoms with Crippen LogP contribution in [0.2, 0.25) is 5.02 Å². The average molecular weight is 475 g/mol. The predicted molar refractivity (Wildman–Crippen MR) is 128 cm³/mol. The summed E-state index contributed by atoms with van der Waals surface area (Å²) in [6, 6.07) is 12.8. The minimum absolute atomic E-state index is 0.0244. The van der Waals surface area contributed by atoms with Crippen molar-refractivity contribution in [3.63, 3.8) is 0 Å². The molecule has 8 heteroatoms. The molecule has 1 amide bonds. The van der Waals surface area contributed by atoms with Crippen molar-refractivity contribution in [1.82, 2.24) is 4.98 Å². The van der Waals surface area contributed by atoms with Gasteiger partial charge in [0.05, 0.1) is 24.0 Å². The Bertz CT molecular complexity index is 1080. The fourth-order valence-corrected chi connectivity index (χ4v) is 4.82. The Morgan fingerprint density at radius 3 is 2.75 bits per heavy atom. The van der Waals surface area contributed by atoms with Crippen molar-refractivity contribution in [2.75, 3.05) is 24.7 Å². The van der Waals surface area contributed by atoms with Crippen LogP contribution in [0, 0.1) is 0 Å². The highest BCUT2D eigenvalue weighted by Crippen LogP contribution is 2.36. The van der Waals surface area contributed by atoms with E-state index in [2.05, 4.69) is 0 Å². The summed E-state index contributed by atoms with van der Waals surface area (Å²) in [6.07, 6.45) is 1.88. The minimum atomic E-state index is -1.12. The number of amides is 1. The number of anilines is 1. The van der Waals surface area contributed by atoms with E-state index < -0.39 is 5.60 Å². The zero-order valence-electron chi connectivity index (χ0n) is 18.5. The Morgan fingerprint density at radius 2 is 2.06 bits per heavy atom. The number of halogens is 1. The van der Waals surface area contributed by atoms with Gasteiger partial charge < -0.3 is 14.2 Å². The van der Waals surface area contributed by atoms with Crippen molar-refractivity contribution in [2.24, 2.45) is 0 Å². The minimum Gasteiger partial charge on any atom is -0.492 e. The number of para-hydroxylation sites is 1. The van der Waals surface area contributed by atoms with Gasteiger partial charge in [0, 0.05) is 11.6 Å². The fourth-order valence-electron chi connectivity index (χ4n) is 3.70. The van der Waals surface area contributed by atoms with Crippen molar-refractivity contribution in [2.45, 2.75) is 45.3 Å². The molecule has 1 saturated heterocycles. The Kier molecular flexibility index (Phi) is 6.88. The molecule has 4 rings (SSSR count). The van der Waals surface area contributed by atoms with Crippen LogP contribution in [-0.4, -0.2) is 42.4 Å². The summed E-state index contributed by atoms with van der Waals surface area (Å²) in [7, 11) is 0. The highest BCUT2D eigenvalue weighted by atomic mass is 35.5. The highest BCUT2D eigenvalue weighted by Gasteiger charge is 2.38. The van der Waals surface area contributed by atoms with Crippen LogP contribution >= 0.6 is 22.9 Å². The average Bonchev–Trinajstić information content (AvgIpc) is 3.43. The summed E-state index contributed by atoms with van der Waals surface area (Å²) in [5, 5.41) is 1.22. The van der Waals surface area contributed by atoms with Gasteiger partial charge in [0.2, 0.25) is 0 Å².